The molecule has 0 amide bonds. The first-order chi connectivity index (χ1) is 40.9. The first-order valence-electron chi connectivity index (χ1n) is 31.0. The number of aliphatic hydroxyl groups is 2. The van der Waals surface area contributed by atoms with Crippen molar-refractivity contribution in [3.8, 4) is 5.75 Å². The molecule has 17 heteroatoms. The highest BCUT2D eigenvalue weighted by Gasteiger charge is 2.83. The van der Waals surface area contributed by atoms with Gasteiger partial charge in [-0.2, -0.15) is 0 Å². The van der Waals surface area contributed by atoms with Gasteiger partial charge >= 0.3 is 24.1 Å². The highest BCUT2D eigenvalue weighted by Crippen LogP contribution is 2.69. The summed E-state index contributed by atoms with van der Waals surface area (Å²) in [6, 6.07) is 11.8. The monoisotopic (exact) mass is 1180 g/mol. The Kier molecular flexibility index (Phi) is 17.3. The van der Waals surface area contributed by atoms with Gasteiger partial charge in [0.25, 0.3) is 5.60 Å². The van der Waals surface area contributed by atoms with Crippen LogP contribution in [0.3, 0.4) is 0 Å². The van der Waals surface area contributed by atoms with E-state index in [0.29, 0.717) is 119 Å². The maximum atomic E-state index is 15.8. The van der Waals surface area contributed by atoms with Crippen LogP contribution < -0.4 is 15.1 Å². The van der Waals surface area contributed by atoms with Crippen LogP contribution in [-0.4, -0.2) is 147 Å². The SMILES string of the molecule is CC[C@@]1(O)C[C@H]2CN(CC/C=C(\Nc3ccccc3)[C@@](C(=O)OC)(c3cc4c(cc3OC)N(OC)[C@H]3[C@@](OC(=O)OC5CC(C)=C(/C=C/C=C/C6=C(C)C[C@H](O)CC6(C)C)C(C)(C)C5)(C(=O)OC)[C@H](OC(C)=O)[C@]5(CC)C=CCN6CC[C@]43[C@@H]65)C2)C1. The summed E-state index contributed by atoms with van der Waals surface area (Å²) in [4.78, 5) is 72.1. The second-order valence-corrected chi connectivity index (χ2v) is 27.1. The van der Waals surface area contributed by atoms with Crippen LogP contribution in [0.25, 0.3) is 0 Å². The van der Waals surface area contributed by atoms with E-state index in [9.17, 15) is 15.0 Å². The van der Waals surface area contributed by atoms with E-state index >= 15 is 14.4 Å². The van der Waals surface area contributed by atoms with Crippen molar-refractivity contribution in [1.82, 2.24) is 9.80 Å². The van der Waals surface area contributed by atoms with Crippen molar-refractivity contribution in [2.75, 3.05) is 71.5 Å². The molecule has 466 valence electrons. The molecule has 2 unspecified atom stereocenters. The number of hydroxylamine groups is 1. The van der Waals surface area contributed by atoms with E-state index < -0.39 is 81.2 Å². The Morgan fingerprint density at radius 1 is 0.802 bits per heavy atom. The van der Waals surface area contributed by atoms with E-state index in [1.54, 1.807) is 12.2 Å². The van der Waals surface area contributed by atoms with Crippen LogP contribution in [0.5, 0.6) is 5.75 Å². The van der Waals surface area contributed by atoms with E-state index in [1.807, 2.05) is 81.5 Å². The van der Waals surface area contributed by atoms with Gasteiger partial charge in [0, 0.05) is 79.4 Å². The number of methoxy groups -OCH3 is 3. The van der Waals surface area contributed by atoms with Crippen molar-refractivity contribution in [2.24, 2.45) is 22.2 Å². The number of nitrogens with zero attached hydrogens (tertiary/aromatic N) is 3. The van der Waals surface area contributed by atoms with Crippen molar-refractivity contribution in [3.05, 3.63) is 124 Å². The van der Waals surface area contributed by atoms with Crippen molar-refractivity contribution in [3.63, 3.8) is 0 Å². The van der Waals surface area contributed by atoms with Gasteiger partial charge in [-0.25, -0.2) is 14.7 Å². The summed E-state index contributed by atoms with van der Waals surface area (Å²) in [6.07, 6.45) is 15.5. The summed E-state index contributed by atoms with van der Waals surface area (Å²) in [5.41, 5.74) is -0.554. The molecule has 5 heterocycles. The lowest BCUT2D eigenvalue weighted by molar-refractivity contribution is -0.238. The van der Waals surface area contributed by atoms with Crippen LogP contribution >= 0.6 is 0 Å². The average molecular weight is 1190 g/mol. The number of esters is 3. The molecular formula is C69H92N4O13. The largest absolute Gasteiger partial charge is 0.509 e. The molecule has 0 radical (unpaired) electrons. The Morgan fingerprint density at radius 3 is 2.10 bits per heavy atom. The summed E-state index contributed by atoms with van der Waals surface area (Å²) in [5.74, 6) is -2.09. The van der Waals surface area contributed by atoms with E-state index in [-0.39, 0.29) is 23.9 Å². The molecule has 5 aliphatic heterocycles. The number of ether oxygens (including phenoxy) is 6. The van der Waals surface area contributed by atoms with Crippen molar-refractivity contribution < 1.29 is 62.6 Å². The van der Waals surface area contributed by atoms with Gasteiger partial charge in [-0.05, 0) is 130 Å². The Hall–Kier alpha value is -6.24. The number of carbonyl (C=O) groups is 4. The molecule has 3 N–H and O–H groups in total. The summed E-state index contributed by atoms with van der Waals surface area (Å²) in [5, 5.41) is 28.0. The summed E-state index contributed by atoms with van der Waals surface area (Å²) < 4.78 is 38.4. The van der Waals surface area contributed by atoms with Crippen LogP contribution in [-0.2, 0) is 53.7 Å². The van der Waals surface area contributed by atoms with Gasteiger partial charge in [-0.3, -0.25) is 24.2 Å². The number of hydrogen-bond donors (Lipinski definition) is 3. The van der Waals surface area contributed by atoms with Crippen molar-refractivity contribution in [1.29, 1.82) is 0 Å². The molecule has 0 aromatic heterocycles. The molecule has 2 aromatic rings. The van der Waals surface area contributed by atoms with Gasteiger partial charge in [0.2, 0.25) is 0 Å². The zero-order valence-electron chi connectivity index (χ0n) is 52.9. The minimum atomic E-state index is -2.48. The molecule has 10 rings (SSSR count). The highest BCUT2D eigenvalue weighted by atomic mass is 16.8. The maximum absolute atomic E-state index is 15.8. The van der Waals surface area contributed by atoms with Crippen LogP contribution in [0.4, 0.5) is 16.2 Å². The van der Waals surface area contributed by atoms with Gasteiger partial charge < -0.3 is 44.0 Å². The molecule has 1 saturated carbocycles. The van der Waals surface area contributed by atoms with E-state index in [2.05, 4.69) is 74.0 Å². The molecule has 8 aliphatic rings. The molecular weight excluding hydrogens is 1090 g/mol. The number of carbonyl (C=O) groups excluding carboxylic acids is 4. The van der Waals surface area contributed by atoms with Gasteiger partial charge in [-0.1, -0.05) is 113 Å². The minimum Gasteiger partial charge on any atom is -0.496 e. The fourth-order valence-corrected chi connectivity index (χ4v) is 17.8. The summed E-state index contributed by atoms with van der Waals surface area (Å²) in [7, 11) is 5.68. The minimum absolute atomic E-state index is 0.160. The van der Waals surface area contributed by atoms with Gasteiger partial charge in [-0.15, -0.1) is 0 Å². The molecule has 1 spiro atoms. The number of nitrogens with one attached hydrogen (secondary N) is 1. The molecule has 3 aliphatic carbocycles. The lowest BCUT2D eigenvalue weighted by Crippen LogP contribution is -2.82. The number of rotatable bonds is 15. The van der Waals surface area contributed by atoms with E-state index in [1.165, 1.54) is 39.4 Å². The molecule has 17 nitrogen and oxygen atoms in total. The average Bonchev–Trinajstić information content (AvgIpc) is 1.49. The molecule has 86 heavy (non-hydrogen) atoms. The summed E-state index contributed by atoms with van der Waals surface area (Å²) in [6.45, 7) is 20.8. The normalized spacial score (nSPS) is 35.1. The first-order valence-corrected chi connectivity index (χ1v) is 31.0. The third-order valence-corrected chi connectivity index (χ3v) is 20.9. The number of piperidine rings is 1. The second-order valence-electron chi connectivity index (χ2n) is 27.1. The number of hydrogen-bond acceptors (Lipinski definition) is 17. The van der Waals surface area contributed by atoms with Gasteiger partial charge in [0.15, 0.2) is 6.10 Å². The first kappa shape index (κ1) is 62.8. The number of aliphatic hydroxyl groups excluding tert-OH is 1. The predicted molar refractivity (Wildman–Crippen MR) is 328 cm³/mol. The lowest BCUT2D eigenvalue weighted by Gasteiger charge is -2.63. The lowest BCUT2D eigenvalue weighted by atomic mass is 9.47. The third-order valence-electron chi connectivity index (χ3n) is 20.9. The molecule has 3 fully saturated rings. The smallest absolute Gasteiger partial charge is 0.496 e. The number of benzene rings is 2. The third kappa shape index (κ3) is 10.4. The highest BCUT2D eigenvalue weighted by molar-refractivity contribution is 5.92. The molecule has 2 bridgehead atoms. The number of fused-ring (bicyclic) bond motifs is 3. The predicted octanol–water partition coefficient (Wildman–Crippen LogP) is 10.5. The molecule has 12 atom stereocenters. The number of allylic oxidation sites excluding steroid dienone is 6. The zero-order chi connectivity index (χ0) is 61.9. The quantitative estimate of drug-likeness (QED) is 0.0659. The Balaban J connectivity index is 1.12. The maximum Gasteiger partial charge on any atom is 0.509 e. The molecule has 2 saturated heterocycles. The number of anilines is 2. The topological polar surface area (TPSA) is 195 Å². The van der Waals surface area contributed by atoms with Crippen molar-refractivity contribution >= 4 is 35.4 Å². The van der Waals surface area contributed by atoms with E-state index in [4.69, 9.17) is 33.3 Å². The van der Waals surface area contributed by atoms with Crippen LogP contribution in [0, 0.1) is 22.2 Å². The summed E-state index contributed by atoms with van der Waals surface area (Å²) >= 11 is 0. The standard InChI is InChI=1S/C69H92N4O13/c1-14-65(79)37-46-38-68(60(76)81-11,56(27-21-30-71(41-46)42-65)70-47-23-17-16-18-24-47)53-35-52-54(36-55(53)80-10)73(83-13)58-67(52)29-32-72-31-22-28-66(15-2,57(67)72)59(84-45(5)74)69(58,61(77)82-12)86-62(78)85-49-34-44(4)51(64(8,9)40-49)26-20-19-25-50-43(3)33-48(75)39-63(50,6)7/h16-20,22-28,35-36,46,48-49,57-59,70,75,79H,14-15,21,29-34,37-42H2,1-13H3/b25-19+,26-20+,56-27-/t46-,48+,49?,57+,58-,59-,65-,66-,67-,68+,69+/m1/s1. The number of para-hydroxylation sites is 1. The van der Waals surface area contributed by atoms with Crippen molar-refractivity contribution in [2.45, 2.75) is 179 Å². The molecule has 2 aromatic carbocycles. The fraction of sp³-hybridized carbons (Fsp3) is 0.594. The zero-order valence-corrected chi connectivity index (χ0v) is 52.9. The van der Waals surface area contributed by atoms with Gasteiger partial charge in [0.1, 0.15) is 23.3 Å². The van der Waals surface area contributed by atoms with Crippen LogP contribution in [0.2, 0.25) is 0 Å². The van der Waals surface area contributed by atoms with Crippen LogP contribution in [0.1, 0.15) is 138 Å². The second kappa shape index (κ2) is 23.7. The Labute approximate surface area is 508 Å². The van der Waals surface area contributed by atoms with Gasteiger partial charge in [0.05, 0.1) is 45.8 Å². The Morgan fingerprint density at radius 2 is 1.49 bits per heavy atom. The Bertz CT molecular complexity index is 3160. The van der Waals surface area contributed by atoms with Crippen LogP contribution in [0.15, 0.2) is 113 Å². The fourth-order valence-electron chi connectivity index (χ4n) is 17.8. The van der Waals surface area contributed by atoms with E-state index in [0.717, 1.165) is 16.8 Å².